The molecule has 0 fully saturated rings. The van der Waals surface area contributed by atoms with E-state index in [4.69, 9.17) is 0 Å². The van der Waals surface area contributed by atoms with E-state index >= 15 is 0 Å². The Morgan fingerprint density at radius 1 is 0.774 bits per heavy atom. The smallest absolute Gasteiger partial charge is 0.261 e. The van der Waals surface area contributed by atoms with E-state index in [9.17, 15) is 21.6 Å². The van der Waals surface area contributed by atoms with Crippen LogP contribution in [0.25, 0.3) is 0 Å². The summed E-state index contributed by atoms with van der Waals surface area (Å²) in [6, 6.07) is 19.1. The molecule has 3 rings (SSSR count). The van der Waals surface area contributed by atoms with Gasteiger partial charge in [0.25, 0.3) is 15.9 Å². The fourth-order valence-electron chi connectivity index (χ4n) is 2.81. The number of anilines is 2. The Bertz CT molecular complexity index is 1280. The SMILES string of the molecule is Cc1ccc(S(=O)(=O)Nc2ccc(NC(=O)c3ccc(CS(C)(=O)=O)cc3)cc2)cc1. The standard InChI is InChI=1S/C22H22N2O5S2/c1-16-3-13-21(14-4-16)31(28,29)24-20-11-9-19(10-12-20)23-22(25)18-7-5-17(6-8-18)15-30(2,26)27/h3-14,24H,15H2,1-2H3,(H,23,25). The van der Waals surface area contributed by atoms with Gasteiger partial charge >= 0.3 is 0 Å². The predicted octanol–water partition coefficient (Wildman–Crippen LogP) is 3.59. The Balaban J connectivity index is 1.65. The third-order valence-corrected chi connectivity index (χ3v) is 6.63. The highest BCUT2D eigenvalue weighted by atomic mass is 32.2. The summed E-state index contributed by atoms with van der Waals surface area (Å²) in [6.07, 6.45) is 1.15. The zero-order valence-corrected chi connectivity index (χ0v) is 18.6. The van der Waals surface area contributed by atoms with Crippen LogP contribution in [0, 0.1) is 6.92 Å². The monoisotopic (exact) mass is 458 g/mol. The van der Waals surface area contributed by atoms with Crippen LogP contribution < -0.4 is 10.0 Å². The second-order valence-electron chi connectivity index (χ2n) is 7.22. The van der Waals surface area contributed by atoms with Gasteiger partial charge in [0.15, 0.2) is 9.84 Å². The van der Waals surface area contributed by atoms with Gasteiger partial charge < -0.3 is 5.32 Å². The molecule has 0 aliphatic heterocycles. The lowest BCUT2D eigenvalue weighted by atomic mass is 10.1. The van der Waals surface area contributed by atoms with Gasteiger partial charge in [-0.15, -0.1) is 0 Å². The number of carbonyl (C=O) groups is 1. The van der Waals surface area contributed by atoms with Gasteiger partial charge in [-0.25, -0.2) is 16.8 Å². The summed E-state index contributed by atoms with van der Waals surface area (Å²) in [5.74, 6) is -0.451. The minimum Gasteiger partial charge on any atom is -0.322 e. The molecule has 0 bridgehead atoms. The molecule has 31 heavy (non-hydrogen) atoms. The minimum absolute atomic E-state index is 0.0884. The van der Waals surface area contributed by atoms with Crippen molar-refractivity contribution in [3.8, 4) is 0 Å². The first-order valence-electron chi connectivity index (χ1n) is 9.29. The van der Waals surface area contributed by atoms with E-state index < -0.39 is 19.9 Å². The average Bonchev–Trinajstić information content (AvgIpc) is 2.69. The zero-order valence-electron chi connectivity index (χ0n) is 17.0. The molecule has 2 N–H and O–H groups in total. The van der Waals surface area contributed by atoms with Crippen molar-refractivity contribution in [2.24, 2.45) is 0 Å². The molecule has 0 heterocycles. The lowest BCUT2D eigenvalue weighted by Crippen LogP contribution is -2.14. The normalized spacial score (nSPS) is 11.7. The van der Waals surface area contributed by atoms with Crippen LogP contribution >= 0.6 is 0 Å². The molecule has 0 saturated heterocycles. The van der Waals surface area contributed by atoms with Crippen molar-refractivity contribution in [1.29, 1.82) is 0 Å². The minimum atomic E-state index is -3.71. The summed E-state index contributed by atoms with van der Waals surface area (Å²) in [4.78, 5) is 12.6. The van der Waals surface area contributed by atoms with E-state index in [-0.39, 0.29) is 16.6 Å². The van der Waals surface area contributed by atoms with E-state index in [1.807, 2.05) is 6.92 Å². The Morgan fingerprint density at radius 2 is 1.32 bits per heavy atom. The molecule has 0 aromatic heterocycles. The van der Waals surface area contributed by atoms with Crippen LogP contribution in [0.5, 0.6) is 0 Å². The molecular formula is C22H22N2O5S2. The highest BCUT2D eigenvalue weighted by Crippen LogP contribution is 2.19. The Kier molecular flexibility index (Phi) is 6.47. The number of amides is 1. The molecule has 0 aliphatic carbocycles. The van der Waals surface area contributed by atoms with Gasteiger partial charge in [0.05, 0.1) is 10.6 Å². The summed E-state index contributed by atoms with van der Waals surface area (Å²) < 4.78 is 50.1. The Hall–Kier alpha value is -3.17. The molecule has 0 saturated carbocycles. The summed E-state index contributed by atoms with van der Waals surface area (Å²) in [5, 5.41) is 2.72. The van der Waals surface area contributed by atoms with Gasteiger partial charge in [-0.1, -0.05) is 29.8 Å². The predicted molar refractivity (Wildman–Crippen MR) is 121 cm³/mol. The van der Waals surface area contributed by atoms with Crippen molar-refractivity contribution in [2.45, 2.75) is 17.6 Å². The molecule has 3 aromatic rings. The number of rotatable bonds is 7. The second-order valence-corrected chi connectivity index (χ2v) is 11.0. The maximum atomic E-state index is 12.5. The van der Waals surface area contributed by atoms with Crippen LogP contribution in [0.1, 0.15) is 21.5 Å². The average molecular weight is 459 g/mol. The number of aryl methyl sites for hydroxylation is 1. The maximum Gasteiger partial charge on any atom is 0.261 e. The molecule has 0 atom stereocenters. The molecule has 162 valence electrons. The van der Waals surface area contributed by atoms with Crippen LogP contribution in [-0.4, -0.2) is 29.0 Å². The van der Waals surface area contributed by atoms with E-state index in [2.05, 4.69) is 10.0 Å². The zero-order chi connectivity index (χ0) is 22.6. The number of hydrogen-bond donors (Lipinski definition) is 2. The maximum absolute atomic E-state index is 12.5. The number of carbonyl (C=O) groups excluding carboxylic acids is 1. The van der Waals surface area contributed by atoms with Gasteiger partial charge in [-0.2, -0.15) is 0 Å². The van der Waals surface area contributed by atoms with Gasteiger partial charge in [0.2, 0.25) is 0 Å². The second kappa shape index (κ2) is 8.91. The van der Waals surface area contributed by atoms with Crippen molar-refractivity contribution in [3.05, 3.63) is 89.5 Å². The summed E-state index contributed by atoms with van der Waals surface area (Å²) in [6.45, 7) is 1.88. The number of benzene rings is 3. The van der Waals surface area contributed by atoms with E-state index in [1.165, 1.54) is 12.1 Å². The third kappa shape index (κ3) is 6.40. The Morgan fingerprint density at radius 3 is 1.87 bits per heavy atom. The van der Waals surface area contributed by atoms with Gasteiger partial charge in [-0.05, 0) is 61.0 Å². The first-order valence-corrected chi connectivity index (χ1v) is 12.8. The van der Waals surface area contributed by atoms with Crippen LogP contribution in [0.15, 0.2) is 77.7 Å². The number of hydrogen-bond acceptors (Lipinski definition) is 5. The van der Waals surface area contributed by atoms with E-state index in [0.717, 1.165) is 11.8 Å². The van der Waals surface area contributed by atoms with Crippen molar-refractivity contribution in [3.63, 3.8) is 0 Å². The molecule has 3 aromatic carbocycles. The molecule has 0 unspecified atom stereocenters. The van der Waals surface area contributed by atoms with Crippen molar-refractivity contribution in [2.75, 3.05) is 16.3 Å². The largest absolute Gasteiger partial charge is 0.322 e. The van der Waals surface area contributed by atoms with Gasteiger partial charge in [-0.3, -0.25) is 9.52 Å². The summed E-state index contributed by atoms with van der Waals surface area (Å²) in [5.41, 5.74) is 2.79. The summed E-state index contributed by atoms with van der Waals surface area (Å²) >= 11 is 0. The van der Waals surface area contributed by atoms with Crippen molar-refractivity contribution >= 4 is 37.1 Å². The number of sulfonamides is 1. The molecule has 0 aliphatic rings. The van der Waals surface area contributed by atoms with Gasteiger partial charge in [0.1, 0.15) is 0 Å². The van der Waals surface area contributed by atoms with Crippen LogP contribution in [-0.2, 0) is 25.6 Å². The van der Waals surface area contributed by atoms with Crippen LogP contribution in [0.2, 0.25) is 0 Å². The molecule has 0 radical (unpaired) electrons. The fraction of sp³-hybridized carbons (Fsp3) is 0.136. The van der Waals surface area contributed by atoms with Crippen molar-refractivity contribution in [1.82, 2.24) is 0 Å². The number of nitrogens with one attached hydrogen (secondary N) is 2. The van der Waals surface area contributed by atoms with E-state index in [0.29, 0.717) is 22.5 Å². The van der Waals surface area contributed by atoms with Crippen LogP contribution in [0.4, 0.5) is 11.4 Å². The lowest BCUT2D eigenvalue weighted by Gasteiger charge is -2.10. The summed E-state index contributed by atoms with van der Waals surface area (Å²) in [7, 11) is -6.85. The van der Waals surface area contributed by atoms with Crippen LogP contribution in [0.3, 0.4) is 0 Å². The topological polar surface area (TPSA) is 109 Å². The van der Waals surface area contributed by atoms with Gasteiger partial charge in [0, 0.05) is 23.2 Å². The Labute approximate surface area is 182 Å². The highest BCUT2D eigenvalue weighted by molar-refractivity contribution is 7.92. The molecule has 1 amide bonds. The quantitative estimate of drug-likeness (QED) is 0.562. The molecular weight excluding hydrogens is 436 g/mol. The molecule has 0 spiro atoms. The molecule has 7 nitrogen and oxygen atoms in total. The molecule has 9 heteroatoms. The van der Waals surface area contributed by atoms with Crippen molar-refractivity contribution < 1.29 is 21.6 Å². The lowest BCUT2D eigenvalue weighted by molar-refractivity contribution is 0.102. The first-order chi connectivity index (χ1) is 14.5. The van der Waals surface area contributed by atoms with E-state index in [1.54, 1.807) is 60.7 Å². The third-order valence-electron chi connectivity index (χ3n) is 4.37. The fourth-order valence-corrected chi connectivity index (χ4v) is 4.67. The number of sulfone groups is 1. The first kappa shape index (κ1) is 22.5. The highest BCUT2D eigenvalue weighted by Gasteiger charge is 2.14.